The number of nitrogens with one attached hydrogen (secondary N) is 1. The number of hydrogen-bond donors (Lipinski definition) is 1. The van der Waals surface area contributed by atoms with E-state index in [1.807, 2.05) is 32.0 Å². The maximum Gasteiger partial charge on any atom is 0.0900 e. The Morgan fingerprint density at radius 3 is 2.76 bits per heavy atom. The third-order valence-corrected chi connectivity index (χ3v) is 4.68. The smallest absolute Gasteiger partial charge is 0.0900 e. The topological polar surface area (TPSA) is 24.9 Å². The number of thiazole rings is 1. The summed E-state index contributed by atoms with van der Waals surface area (Å²) in [5.74, 6) is 0. The van der Waals surface area contributed by atoms with Gasteiger partial charge in [-0.2, -0.15) is 0 Å². The highest BCUT2D eigenvalue weighted by atomic mass is 79.9. The molecule has 0 aliphatic rings. The molecule has 0 fully saturated rings. The van der Waals surface area contributed by atoms with Crippen LogP contribution in [-0.2, 0) is 6.54 Å². The standard InChI is InChI=1S/C12H12BrClN2S/c1-7-12(17-8(2)16-7)6-15-9-3-4-10(13)11(14)5-9/h3-5,15H,6H2,1-2H3. The van der Waals surface area contributed by atoms with Crippen LogP contribution >= 0.6 is 38.9 Å². The fourth-order valence-electron chi connectivity index (χ4n) is 1.53. The minimum Gasteiger partial charge on any atom is -0.380 e. The summed E-state index contributed by atoms with van der Waals surface area (Å²) in [6.07, 6.45) is 0. The van der Waals surface area contributed by atoms with Gasteiger partial charge in [-0.3, -0.25) is 0 Å². The van der Waals surface area contributed by atoms with E-state index in [9.17, 15) is 0 Å². The summed E-state index contributed by atoms with van der Waals surface area (Å²) in [5.41, 5.74) is 2.12. The highest BCUT2D eigenvalue weighted by Crippen LogP contribution is 2.26. The van der Waals surface area contributed by atoms with Crippen molar-refractivity contribution in [2.24, 2.45) is 0 Å². The van der Waals surface area contributed by atoms with E-state index < -0.39 is 0 Å². The molecule has 0 amide bonds. The largest absolute Gasteiger partial charge is 0.380 e. The Hall–Kier alpha value is -0.580. The van der Waals surface area contributed by atoms with Gasteiger partial charge < -0.3 is 5.32 Å². The predicted octanol–water partition coefficient (Wildman–Crippen LogP) is 4.79. The number of aromatic nitrogens is 1. The van der Waals surface area contributed by atoms with Gasteiger partial charge in [0.25, 0.3) is 0 Å². The predicted molar refractivity (Wildman–Crippen MR) is 78.1 cm³/mol. The van der Waals surface area contributed by atoms with Crippen LogP contribution in [0.1, 0.15) is 15.6 Å². The van der Waals surface area contributed by atoms with Gasteiger partial charge in [-0.25, -0.2) is 4.98 Å². The first-order valence-electron chi connectivity index (χ1n) is 5.18. The van der Waals surface area contributed by atoms with Gasteiger partial charge in [0.15, 0.2) is 0 Å². The zero-order valence-corrected chi connectivity index (χ0v) is 12.7. The summed E-state index contributed by atoms with van der Waals surface area (Å²) in [5, 5.41) is 5.17. The molecule has 2 rings (SSSR count). The molecule has 2 aromatic rings. The van der Waals surface area contributed by atoms with E-state index in [1.165, 1.54) is 4.88 Å². The Bertz CT molecular complexity index is 539. The number of hydrogen-bond acceptors (Lipinski definition) is 3. The Morgan fingerprint density at radius 1 is 1.41 bits per heavy atom. The van der Waals surface area contributed by atoms with Crippen LogP contribution in [0.3, 0.4) is 0 Å². The third kappa shape index (κ3) is 3.21. The Balaban J connectivity index is 2.07. The third-order valence-electron chi connectivity index (χ3n) is 2.37. The molecule has 0 radical (unpaired) electrons. The van der Waals surface area contributed by atoms with E-state index in [2.05, 4.69) is 26.2 Å². The molecule has 0 aliphatic carbocycles. The van der Waals surface area contributed by atoms with Gasteiger partial charge >= 0.3 is 0 Å². The molecular weight excluding hydrogens is 320 g/mol. The van der Waals surface area contributed by atoms with Gasteiger partial charge in [-0.15, -0.1) is 11.3 Å². The van der Waals surface area contributed by atoms with Crippen molar-refractivity contribution < 1.29 is 0 Å². The molecule has 1 aromatic heterocycles. The molecule has 0 unspecified atom stereocenters. The molecule has 0 saturated heterocycles. The molecule has 1 heterocycles. The summed E-state index contributed by atoms with van der Waals surface area (Å²) in [6.45, 7) is 4.85. The number of rotatable bonds is 3. The number of anilines is 1. The number of nitrogens with zero attached hydrogens (tertiary/aromatic N) is 1. The van der Waals surface area contributed by atoms with Crippen LogP contribution in [0.2, 0.25) is 5.02 Å². The van der Waals surface area contributed by atoms with Gasteiger partial charge in [0.2, 0.25) is 0 Å². The summed E-state index contributed by atoms with van der Waals surface area (Å²) in [7, 11) is 0. The summed E-state index contributed by atoms with van der Waals surface area (Å²) in [4.78, 5) is 5.67. The fraction of sp³-hybridized carbons (Fsp3) is 0.250. The van der Waals surface area contributed by atoms with Crippen molar-refractivity contribution >= 4 is 44.6 Å². The second-order valence-corrected chi connectivity index (χ2v) is 6.27. The normalized spacial score (nSPS) is 10.6. The van der Waals surface area contributed by atoms with Gasteiger partial charge in [0, 0.05) is 15.0 Å². The maximum atomic E-state index is 6.03. The molecule has 90 valence electrons. The quantitative estimate of drug-likeness (QED) is 0.875. The van der Waals surface area contributed by atoms with Crippen molar-refractivity contribution in [2.75, 3.05) is 5.32 Å². The van der Waals surface area contributed by atoms with Crippen molar-refractivity contribution in [3.63, 3.8) is 0 Å². The number of benzene rings is 1. The summed E-state index contributed by atoms with van der Waals surface area (Å²) in [6, 6.07) is 5.85. The molecule has 1 N–H and O–H groups in total. The van der Waals surface area contributed by atoms with Crippen LogP contribution in [0.5, 0.6) is 0 Å². The Kier molecular flexibility index (Phi) is 4.07. The second-order valence-electron chi connectivity index (χ2n) is 3.72. The zero-order valence-electron chi connectivity index (χ0n) is 9.55. The van der Waals surface area contributed by atoms with E-state index in [0.29, 0.717) is 5.02 Å². The molecule has 0 atom stereocenters. The first-order chi connectivity index (χ1) is 8.06. The lowest BCUT2D eigenvalue weighted by molar-refractivity contribution is 1.11. The first kappa shape index (κ1) is 12.9. The Labute approximate surface area is 118 Å². The highest BCUT2D eigenvalue weighted by Gasteiger charge is 2.05. The van der Waals surface area contributed by atoms with E-state index in [4.69, 9.17) is 11.6 Å². The first-order valence-corrected chi connectivity index (χ1v) is 7.17. The lowest BCUT2D eigenvalue weighted by Gasteiger charge is -2.06. The molecule has 2 nitrogen and oxygen atoms in total. The highest BCUT2D eigenvalue weighted by molar-refractivity contribution is 9.10. The molecule has 0 saturated carbocycles. The van der Waals surface area contributed by atoms with Crippen molar-refractivity contribution in [3.05, 3.63) is 43.3 Å². The van der Waals surface area contributed by atoms with Crippen molar-refractivity contribution in [2.45, 2.75) is 20.4 Å². The number of aryl methyl sites for hydroxylation is 2. The Morgan fingerprint density at radius 2 is 2.18 bits per heavy atom. The molecule has 5 heteroatoms. The van der Waals surface area contributed by atoms with Gasteiger partial charge in [0.1, 0.15) is 0 Å². The van der Waals surface area contributed by atoms with Crippen molar-refractivity contribution in [1.82, 2.24) is 4.98 Å². The van der Waals surface area contributed by atoms with Crippen LogP contribution in [0.15, 0.2) is 22.7 Å². The monoisotopic (exact) mass is 330 g/mol. The van der Waals surface area contributed by atoms with Crippen LogP contribution < -0.4 is 5.32 Å². The van der Waals surface area contributed by atoms with Gasteiger partial charge in [-0.05, 0) is 48.0 Å². The van der Waals surface area contributed by atoms with Crippen LogP contribution in [-0.4, -0.2) is 4.98 Å². The maximum absolute atomic E-state index is 6.03. The van der Waals surface area contributed by atoms with Crippen molar-refractivity contribution in [3.8, 4) is 0 Å². The molecule has 0 bridgehead atoms. The summed E-state index contributed by atoms with van der Waals surface area (Å²) < 4.78 is 0.912. The number of halogens is 2. The molecule has 0 aliphatic heterocycles. The van der Waals surface area contributed by atoms with Gasteiger partial charge in [-0.1, -0.05) is 11.6 Å². The van der Waals surface area contributed by atoms with E-state index in [-0.39, 0.29) is 0 Å². The van der Waals surface area contributed by atoms with Crippen LogP contribution in [0.4, 0.5) is 5.69 Å². The second kappa shape index (κ2) is 5.38. The lowest BCUT2D eigenvalue weighted by Crippen LogP contribution is -1.98. The SMILES string of the molecule is Cc1nc(C)c(CNc2ccc(Br)c(Cl)c2)s1. The molecule has 0 spiro atoms. The minimum absolute atomic E-state index is 0.715. The molecule has 1 aromatic carbocycles. The lowest BCUT2D eigenvalue weighted by atomic mass is 10.3. The molecule has 17 heavy (non-hydrogen) atoms. The minimum atomic E-state index is 0.715. The van der Waals surface area contributed by atoms with Crippen LogP contribution in [0, 0.1) is 13.8 Å². The van der Waals surface area contributed by atoms with Crippen molar-refractivity contribution in [1.29, 1.82) is 0 Å². The molecular formula is C12H12BrClN2S. The summed E-state index contributed by atoms with van der Waals surface area (Å²) >= 11 is 11.1. The van der Waals surface area contributed by atoms with Gasteiger partial charge in [0.05, 0.1) is 22.3 Å². The van der Waals surface area contributed by atoms with E-state index in [0.717, 1.165) is 27.4 Å². The average molecular weight is 332 g/mol. The average Bonchev–Trinajstić information content (AvgIpc) is 2.59. The fourth-order valence-corrected chi connectivity index (χ4v) is 2.83. The van der Waals surface area contributed by atoms with E-state index in [1.54, 1.807) is 11.3 Å². The van der Waals surface area contributed by atoms with Crippen LogP contribution in [0.25, 0.3) is 0 Å². The zero-order chi connectivity index (χ0) is 12.4. The van der Waals surface area contributed by atoms with E-state index >= 15 is 0 Å².